The average molecular weight is 224 g/mol. The molecule has 1 rings (SSSR count). The molecule has 0 amide bonds. The molecule has 0 atom stereocenters. The molecule has 0 saturated heterocycles. The summed E-state index contributed by atoms with van der Waals surface area (Å²) in [5.41, 5.74) is 5.91. The SMILES string of the molecule is CCCN(C)CCOc1cccc(N)c1O. The van der Waals surface area contributed by atoms with Crippen LogP contribution in [0.15, 0.2) is 18.2 Å². The first-order chi connectivity index (χ1) is 7.65. The fourth-order valence-corrected chi connectivity index (χ4v) is 1.46. The molecule has 0 aliphatic rings. The Hall–Kier alpha value is -1.42. The highest BCUT2D eigenvalue weighted by molar-refractivity contribution is 5.58. The fourth-order valence-electron chi connectivity index (χ4n) is 1.46. The molecule has 0 heterocycles. The number of nitrogens with two attached hydrogens (primary N) is 1. The summed E-state index contributed by atoms with van der Waals surface area (Å²) in [4.78, 5) is 2.18. The molecule has 16 heavy (non-hydrogen) atoms. The maximum atomic E-state index is 9.60. The number of benzene rings is 1. The summed E-state index contributed by atoms with van der Waals surface area (Å²) < 4.78 is 5.46. The maximum absolute atomic E-state index is 9.60. The molecular weight excluding hydrogens is 204 g/mol. The highest BCUT2D eigenvalue weighted by Gasteiger charge is 2.05. The third-order valence-corrected chi connectivity index (χ3v) is 2.37. The second-order valence-electron chi connectivity index (χ2n) is 3.85. The Morgan fingerprint density at radius 1 is 1.38 bits per heavy atom. The zero-order valence-electron chi connectivity index (χ0n) is 9.94. The van der Waals surface area contributed by atoms with Gasteiger partial charge in [-0.05, 0) is 32.1 Å². The Labute approximate surface area is 96.6 Å². The molecule has 0 aliphatic carbocycles. The maximum Gasteiger partial charge on any atom is 0.181 e. The van der Waals surface area contributed by atoms with Crippen molar-refractivity contribution in [2.45, 2.75) is 13.3 Å². The molecular formula is C12H20N2O2. The molecule has 0 aromatic heterocycles. The first kappa shape index (κ1) is 12.6. The number of ether oxygens (including phenoxy) is 1. The lowest BCUT2D eigenvalue weighted by Gasteiger charge is -2.16. The van der Waals surface area contributed by atoms with Crippen molar-refractivity contribution < 1.29 is 9.84 Å². The largest absolute Gasteiger partial charge is 0.503 e. The fraction of sp³-hybridized carbons (Fsp3) is 0.500. The van der Waals surface area contributed by atoms with Crippen molar-refractivity contribution in [1.82, 2.24) is 4.90 Å². The van der Waals surface area contributed by atoms with E-state index in [0.717, 1.165) is 19.5 Å². The van der Waals surface area contributed by atoms with Crippen LogP contribution < -0.4 is 10.5 Å². The van der Waals surface area contributed by atoms with Crippen molar-refractivity contribution in [3.8, 4) is 11.5 Å². The molecule has 4 heteroatoms. The van der Waals surface area contributed by atoms with Crippen molar-refractivity contribution >= 4 is 5.69 Å². The number of phenols is 1. The average Bonchev–Trinajstić information content (AvgIpc) is 2.25. The van der Waals surface area contributed by atoms with Gasteiger partial charge in [-0.1, -0.05) is 13.0 Å². The van der Waals surface area contributed by atoms with E-state index in [1.54, 1.807) is 18.2 Å². The number of para-hydroxylation sites is 1. The molecule has 0 bridgehead atoms. The predicted octanol–water partition coefficient (Wildman–Crippen LogP) is 1.70. The van der Waals surface area contributed by atoms with Gasteiger partial charge in [-0.15, -0.1) is 0 Å². The molecule has 3 N–H and O–H groups in total. The second-order valence-corrected chi connectivity index (χ2v) is 3.85. The van der Waals surface area contributed by atoms with Crippen LogP contribution >= 0.6 is 0 Å². The summed E-state index contributed by atoms with van der Waals surface area (Å²) in [5.74, 6) is 0.477. The highest BCUT2D eigenvalue weighted by atomic mass is 16.5. The van der Waals surface area contributed by atoms with Gasteiger partial charge in [0.25, 0.3) is 0 Å². The molecule has 0 spiro atoms. The van der Waals surface area contributed by atoms with E-state index in [1.807, 2.05) is 7.05 Å². The molecule has 0 radical (unpaired) electrons. The van der Waals surface area contributed by atoms with Gasteiger partial charge in [0, 0.05) is 6.54 Å². The first-order valence-corrected chi connectivity index (χ1v) is 5.54. The van der Waals surface area contributed by atoms with E-state index < -0.39 is 0 Å². The highest BCUT2D eigenvalue weighted by Crippen LogP contribution is 2.31. The lowest BCUT2D eigenvalue weighted by atomic mass is 10.3. The van der Waals surface area contributed by atoms with E-state index >= 15 is 0 Å². The van der Waals surface area contributed by atoms with Gasteiger partial charge in [-0.2, -0.15) is 0 Å². The summed E-state index contributed by atoms with van der Waals surface area (Å²) in [6.07, 6.45) is 1.13. The number of likely N-dealkylation sites (N-methyl/N-ethyl adjacent to an activating group) is 1. The monoisotopic (exact) mass is 224 g/mol. The van der Waals surface area contributed by atoms with Crippen LogP contribution in [0.3, 0.4) is 0 Å². The van der Waals surface area contributed by atoms with Gasteiger partial charge in [0.1, 0.15) is 6.61 Å². The van der Waals surface area contributed by atoms with Crippen LogP contribution in [0.4, 0.5) is 5.69 Å². The summed E-state index contributed by atoms with van der Waals surface area (Å²) in [6, 6.07) is 5.12. The number of hydrogen-bond donors (Lipinski definition) is 2. The van der Waals surface area contributed by atoms with Gasteiger partial charge in [0.05, 0.1) is 5.69 Å². The van der Waals surface area contributed by atoms with E-state index in [4.69, 9.17) is 10.5 Å². The van der Waals surface area contributed by atoms with Crippen LogP contribution in [0.25, 0.3) is 0 Å². The van der Waals surface area contributed by atoms with Crippen LogP contribution in [0.1, 0.15) is 13.3 Å². The Bertz CT molecular complexity index is 329. The molecule has 0 unspecified atom stereocenters. The third-order valence-electron chi connectivity index (χ3n) is 2.37. The van der Waals surface area contributed by atoms with Crippen LogP contribution in [-0.2, 0) is 0 Å². The Kier molecular flexibility index (Phi) is 4.92. The first-order valence-electron chi connectivity index (χ1n) is 5.54. The molecule has 0 saturated carbocycles. The standard InChI is InChI=1S/C12H20N2O2/c1-3-7-14(2)8-9-16-11-6-4-5-10(13)12(11)15/h4-6,15H,3,7-9,13H2,1-2H3. The zero-order chi connectivity index (χ0) is 12.0. The lowest BCUT2D eigenvalue weighted by Crippen LogP contribution is -2.24. The Morgan fingerprint density at radius 3 is 2.81 bits per heavy atom. The smallest absolute Gasteiger partial charge is 0.181 e. The van der Waals surface area contributed by atoms with Crippen LogP contribution in [-0.4, -0.2) is 36.8 Å². The summed E-state index contributed by atoms with van der Waals surface area (Å²) in [7, 11) is 2.05. The van der Waals surface area contributed by atoms with Gasteiger partial charge < -0.3 is 20.5 Å². The summed E-state index contributed by atoms with van der Waals surface area (Å²) in [5, 5.41) is 9.60. The Morgan fingerprint density at radius 2 is 2.12 bits per heavy atom. The van der Waals surface area contributed by atoms with Crippen molar-refractivity contribution in [3.63, 3.8) is 0 Å². The van der Waals surface area contributed by atoms with Gasteiger partial charge in [-0.25, -0.2) is 0 Å². The third kappa shape index (κ3) is 3.62. The molecule has 0 fully saturated rings. The number of nitrogens with zero attached hydrogens (tertiary/aromatic N) is 1. The minimum atomic E-state index is 0.0284. The van der Waals surface area contributed by atoms with Gasteiger partial charge in [-0.3, -0.25) is 0 Å². The lowest BCUT2D eigenvalue weighted by molar-refractivity contribution is 0.232. The number of phenolic OH excluding ortho intramolecular Hbond substituents is 1. The summed E-state index contributed by atoms with van der Waals surface area (Å²) >= 11 is 0. The quantitative estimate of drug-likeness (QED) is 0.570. The van der Waals surface area contributed by atoms with Crippen LogP contribution in [0, 0.1) is 0 Å². The van der Waals surface area contributed by atoms with E-state index in [1.165, 1.54) is 0 Å². The van der Waals surface area contributed by atoms with Gasteiger partial charge in [0.2, 0.25) is 0 Å². The number of aromatic hydroxyl groups is 1. The van der Waals surface area contributed by atoms with E-state index in [2.05, 4.69) is 11.8 Å². The number of hydrogen-bond acceptors (Lipinski definition) is 4. The van der Waals surface area contributed by atoms with Crippen LogP contribution in [0.5, 0.6) is 11.5 Å². The summed E-state index contributed by atoms with van der Waals surface area (Å²) in [6.45, 7) is 4.57. The number of anilines is 1. The van der Waals surface area contributed by atoms with Crippen molar-refractivity contribution in [2.75, 3.05) is 32.5 Å². The zero-order valence-corrected chi connectivity index (χ0v) is 9.94. The predicted molar refractivity (Wildman–Crippen MR) is 65.8 cm³/mol. The van der Waals surface area contributed by atoms with Crippen molar-refractivity contribution in [1.29, 1.82) is 0 Å². The van der Waals surface area contributed by atoms with E-state index in [-0.39, 0.29) is 5.75 Å². The van der Waals surface area contributed by atoms with E-state index in [0.29, 0.717) is 18.0 Å². The van der Waals surface area contributed by atoms with Crippen LogP contribution in [0.2, 0.25) is 0 Å². The topological polar surface area (TPSA) is 58.7 Å². The minimum Gasteiger partial charge on any atom is -0.503 e. The number of rotatable bonds is 6. The van der Waals surface area contributed by atoms with Crippen molar-refractivity contribution in [2.24, 2.45) is 0 Å². The molecule has 1 aromatic carbocycles. The number of nitrogen functional groups attached to an aromatic ring is 1. The van der Waals surface area contributed by atoms with Crippen molar-refractivity contribution in [3.05, 3.63) is 18.2 Å². The normalized spacial score (nSPS) is 10.7. The van der Waals surface area contributed by atoms with E-state index in [9.17, 15) is 5.11 Å². The molecule has 1 aromatic rings. The Balaban J connectivity index is 2.40. The van der Waals surface area contributed by atoms with Gasteiger partial charge in [0.15, 0.2) is 11.5 Å². The minimum absolute atomic E-state index is 0.0284. The molecule has 90 valence electrons. The molecule has 4 nitrogen and oxygen atoms in total. The second kappa shape index (κ2) is 6.23. The van der Waals surface area contributed by atoms with Gasteiger partial charge >= 0.3 is 0 Å². The molecule has 0 aliphatic heterocycles.